The Bertz CT molecular complexity index is 684. The summed E-state index contributed by atoms with van der Waals surface area (Å²) in [7, 11) is 0. The molecule has 0 saturated heterocycles. The summed E-state index contributed by atoms with van der Waals surface area (Å²) in [5.74, 6) is -0.754. The Labute approximate surface area is 129 Å². The number of rotatable bonds is 3. The first-order chi connectivity index (χ1) is 10.7. The predicted molar refractivity (Wildman–Crippen MR) is 83.3 cm³/mol. The first kappa shape index (κ1) is 13.6. The van der Waals surface area contributed by atoms with E-state index in [0.29, 0.717) is 11.5 Å². The lowest BCUT2D eigenvalue weighted by atomic mass is 9.79. The minimum absolute atomic E-state index is 0.130. The van der Waals surface area contributed by atoms with Crippen LogP contribution in [0.1, 0.15) is 38.1 Å². The van der Waals surface area contributed by atoms with Crippen molar-refractivity contribution >= 4 is 5.97 Å². The second-order valence-corrected chi connectivity index (χ2v) is 6.77. The summed E-state index contributed by atoms with van der Waals surface area (Å²) in [6.45, 7) is 0. The van der Waals surface area contributed by atoms with Crippen LogP contribution >= 0.6 is 0 Å². The maximum absolute atomic E-state index is 11.1. The third-order valence-corrected chi connectivity index (χ3v) is 5.51. The lowest BCUT2D eigenvalue weighted by Gasteiger charge is -2.27. The fourth-order valence-electron chi connectivity index (χ4n) is 3.99. The molecule has 1 heterocycles. The van der Waals surface area contributed by atoms with Crippen molar-refractivity contribution in [2.45, 2.75) is 38.1 Å². The van der Waals surface area contributed by atoms with E-state index in [1.54, 1.807) is 0 Å². The molecule has 2 aliphatic carbocycles. The van der Waals surface area contributed by atoms with Crippen molar-refractivity contribution in [2.75, 3.05) is 0 Å². The van der Waals surface area contributed by atoms with Crippen LogP contribution in [0, 0.1) is 11.3 Å². The molecule has 2 saturated carbocycles. The zero-order valence-electron chi connectivity index (χ0n) is 12.5. The van der Waals surface area contributed by atoms with Gasteiger partial charge in [0.05, 0.1) is 17.9 Å². The summed E-state index contributed by atoms with van der Waals surface area (Å²) in [6.07, 6.45) is 8.96. The summed E-state index contributed by atoms with van der Waals surface area (Å²) in [4.78, 5) is 15.6. The topological polar surface area (TPSA) is 55.1 Å². The second kappa shape index (κ2) is 4.97. The molecule has 4 heteroatoms. The number of benzene rings is 1. The Hall–Kier alpha value is -2.10. The van der Waals surface area contributed by atoms with E-state index in [4.69, 9.17) is 5.11 Å². The first-order valence-corrected chi connectivity index (χ1v) is 8.00. The van der Waals surface area contributed by atoms with Crippen molar-refractivity contribution in [1.29, 1.82) is 0 Å². The van der Waals surface area contributed by atoms with E-state index in [1.165, 1.54) is 6.42 Å². The van der Waals surface area contributed by atoms with Gasteiger partial charge in [0, 0.05) is 17.8 Å². The molecule has 22 heavy (non-hydrogen) atoms. The molecule has 2 aliphatic rings. The minimum Gasteiger partial charge on any atom is -0.481 e. The summed E-state index contributed by atoms with van der Waals surface area (Å²) in [6, 6.07) is 10.7. The lowest BCUT2D eigenvalue weighted by Crippen LogP contribution is -2.23. The fraction of sp³-hybridized carbons (Fsp3) is 0.444. The molecule has 0 bridgehead atoms. The van der Waals surface area contributed by atoms with Gasteiger partial charge in [-0.1, -0.05) is 30.3 Å². The van der Waals surface area contributed by atoms with Crippen molar-refractivity contribution < 1.29 is 9.90 Å². The molecule has 0 aliphatic heterocycles. The average molecular weight is 296 g/mol. The van der Waals surface area contributed by atoms with Crippen molar-refractivity contribution in [3.8, 4) is 11.3 Å². The molecule has 1 aromatic carbocycles. The Kier molecular flexibility index (Phi) is 3.06. The minimum atomic E-state index is -0.624. The van der Waals surface area contributed by atoms with Crippen LogP contribution in [0.2, 0.25) is 0 Å². The van der Waals surface area contributed by atoms with Crippen LogP contribution < -0.4 is 0 Å². The highest BCUT2D eigenvalue weighted by molar-refractivity contribution is 5.70. The van der Waals surface area contributed by atoms with Gasteiger partial charge in [0.2, 0.25) is 0 Å². The SMILES string of the molecule is O=C(O)C1CCC2(CC1)CC2n1cnc(-c2ccccc2)c1. The molecular weight excluding hydrogens is 276 g/mol. The normalized spacial score (nSPS) is 30.4. The summed E-state index contributed by atoms with van der Waals surface area (Å²) in [5, 5.41) is 9.13. The van der Waals surface area contributed by atoms with Crippen LogP contribution in [0.25, 0.3) is 11.3 Å². The smallest absolute Gasteiger partial charge is 0.306 e. The zero-order valence-corrected chi connectivity index (χ0v) is 12.5. The van der Waals surface area contributed by atoms with Crippen molar-refractivity contribution in [2.24, 2.45) is 11.3 Å². The number of hydrogen-bond acceptors (Lipinski definition) is 2. The maximum Gasteiger partial charge on any atom is 0.306 e. The molecule has 4 nitrogen and oxygen atoms in total. The van der Waals surface area contributed by atoms with Gasteiger partial charge >= 0.3 is 5.97 Å². The van der Waals surface area contributed by atoms with Crippen LogP contribution in [-0.4, -0.2) is 20.6 Å². The van der Waals surface area contributed by atoms with Crippen molar-refractivity contribution in [3.05, 3.63) is 42.9 Å². The van der Waals surface area contributed by atoms with Gasteiger partial charge in [-0.3, -0.25) is 4.79 Å². The number of hydrogen-bond donors (Lipinski definition) is 1. The van der Waals surface area contributed by atoms with E-state index in [-0.39, 0.29) is 5.92 Å². The molecule has 4 rings (SSSR count). The van der Waals surface area contributed by atoms with E-state index in [1.807, 2.05) is 24.5 Å². The number of aromatic nitrogens is 2. The molecule has 0 radical (unpaired) electrons. The van der Waals surface area contributed by atoms with Gasteiger partial charge in [-0.2, -0.15) is 0 Å². The largest absolute Gasteiger partial charge is 0.481 e. The van der Waals surface area contributed by atoms with Gasteiger partial charge in [-0.15, -0.1) is 0 Å². The van der Waals surface area contributed by atoms with Crippen LogP contribution in [0.5, 0.6) is 0 Å². The Morgan fingerprint density at radius 3 is 2.64 bits per heavy atom. The summed E-state index contributed by atoms with van der Waals surface area (Å²) >= 11 is 0. The van der Waals surface area contributed by atoms with E-state index in [9.17, 15) is 4.79 Å². The highest BCUT2D eigenvalue weighted by Crippen LogP contribution is 2.64. The zero-order chi connectivity index (χ0) is 15.2. The first-order valence-electron chi connectivity index (χ1n) is 8.00. The van der Waals surface area contributed by atoms with Crippen LogP contribution in [0.15, 0.2) is 42.9 Å². The average Bonchev–Trinajstić information content (AvgIpc) is 3.02. The Morgan fingerprint density at radius 2 is 1.95 bits per heavy atom. The fourth-order valence-corrected chi connectivity index (χ4v) is 3.99. The van der Waals surface area contributed by atoms with Crippen molar-refractivity contribution in [3.63, 3.8) is 0 Å². The van der Waals surface area contributed by atoms with Gasteiger partial charge < -0.3 is 9.67 Å². The second-order valence-electron chi connectivity index (χ2n) is 6.77. The summed E-state index contributed by atoms with van der Waals surface area (Å²) < 4.78 is 2.24. The highest BCUT2D eigenvalue weighted by atomic mass is 16.4. The van der Waals surface area contributed by atoms with E-state index < -0.39 is 5.97 Å². The molecule has 1 atom stereocenters. The summed E-state index contributed by atoms with van der Waals surface area (Å²) in [5.41, 5.74) is 2.49. The molecule has 1 spiro atoms. The Morgan fingerprint density at radius 1 is 1.23 bits per heavy atom. The van der Waals surface area contributed by atoms with Crippen molar-refractivity contribution in [1.82, 2.24) is 9.55 Å². The molecule has 114 valence electrons. The Balaban J connectivity index is 1.47. The number of carbonyl (C=O) groups is 1. The molecule has 2 fully saturated rings. The predicted octanol–water partition coefficient (Wildman–Crippen LogP) is 3.76. The maximum atomic E-state index is 11.1. The molecule has 1 N–H and O–H groups in total. The highest BCUT2D eigenvalue weighted by Gasteiger charge is 2.56. The van der Waals surface area contributed by atoms with E-state index in [2.05, 4.69) is 27.9 Å². The standard InChI is InChI=1S/C18H20N2O2/c21-17(22)14-6-8-18(9-7-14)10-16(18)20-11-15(19-12-20)13-4-2-1-3-5-13/h1-5,11-12,14,16H,6-10H2,(H,21,22). The lowest BCUT2D eigenvalue weighted by molar-refractivity contribution is -0.143. The quantitative estimate of drug-likeness (QED) is 0.938. The van der Waals surface area contributed by atoms with E-state index in [0.717, 1.165) is 36.9 Å². The molecule has 2 aromatic rings. The van der Waals surface area contributed by atoms with Gasteiger partial charge in [-0.05, 0) is 37.5 Å². The van der Waals surface area contributed by atoms with Gasteiger partial charge in [0.15, 0.2) is 0 Å². The molecule has 1 aromatic heterocycles. The van der Waals surface area contributed by atoms with Gasteiger partial charge in [0.25, 0.3) is 0 Å². The third-order valence-electron chi connectivity index (χ3n) is 5.51. The number of carboxylic acids is 1. The molecule has 0 amide bonds. The van der Waals surface area contributed by atoms with Crippen LogP contribution in [-0.2, 0) is 4.79 Å². The number of aliphatic carboxylic acids is 1. The number of nitrogens with zero attached hydrogens (tertiary/aromatic N) is 2. The van der Waals surface area contributed by atoms with Crippen LogP contribution in [0.4, 0.5) is 0 Å². The van der Waals surface area contributed by atoms with Crippen LogP contribution in [0.3, 0.4) is 0 Å². The third kappa shape index (κ3) is 2.23. The van der Waals surface area contributed by atoms with E-state index >= 15 is 0 Å². The van der Waals surface area contributed by atoms with Gasteiger partial charge in [0.1, 0.15) is 0 Å². The molecular formula is C18H20N2O2. The molecule has 1 unspecified atom stereocenters. The monoisotopic (exact) mass is 296 g/mol. The number of imidazole rings is 1. The number of carboxylic acid groups (broad SMARTS) is 1. The van der Waals surface area contributed by atoms with Gasteiger partial charge in [-0.25, -0.2) is 4.98 Å².